The third kappa shape index (κ3) is 1.76. The third-order valence-corrected chi connectivity index (χ3v) is 2.90. The van der Waals surface area contributed by atoms with E-state index in [1.807, 2.05) is 0 Å². The van der Waals surface area contributed by atoms with Gasteiger partial charge in [0.15, 0.2) is 0 Å². The highest BCUT2D eigenvalue weighted by Crippen LogP contribution is 2.29. The molecule has 2 N–H and O–H groups in total. The van der Waals surface area contributed by atoms with Gasteiger partial charge in [-0.25, -0.2) is 9.97 Å². The molecule has 0 amide bonds. The van der Waals surface area contributed by atoms with Crippen molar-refractivity contribution in [2.24, 2.45) is 11.8 Å². The SMILES string of the molecule is CC1CNCC1C(O)c1cncnc1. The van der Waals surface area contributed by atoms with E-state index >= 15 is 0 Å². The Kier molecular flexibility index (Phi) is 2.74. The number of nitrogens with zero attached hydrogens (tertiary/aromatic N) is 2. The van der Waals surface area contributed by atoms with E-state index in [1.165, 1.54) is 6.33 Å². The van der Waals surface area contributed by atoms with E-state index in [2.05, 4.69) is 22.2 Å². The standard InChI is InChI=1S/C10H15N3O/c1-7-2-11-5-9(7)10(14)8-3-12-6-13-4-8/h3-4,6-7,9-11,14H,2,5H2,1H3. The van der Waals surface area contributed by atoms with Gasteiger partial charge in [-0.3, -0.25) is 0 Å². The molecule has 14 heavy (non-hydrogen) atoms. The molecule has 1 fully saturated rings. The molecule has 0 saturated carbocycles. The van der Waals surface area contributed by atoms with Gasteiger partial charge in [0.1, 0.15) is 6.33 Å². The molecule has 1 aromatic rings. The minimum atomic E-state index is -0.443. The van der Waals surface area contributed by atoms with E-state index in [0.717, 1.165) is 18.7 Å². The zero-order valence-corrected chi connectivity index (χ0v) is 8.22. The second-order valence-corrected chi connectivity index (χ2v) is 3.92. The molecular formula is C10H15N3O. The van der Waals surface area contributed by atoms with Gasteiger partial charge in [-0.2, -0.15) is 0 Å². The molecule has 2 heterocycles. The fourth-order valence-electron chi connectivity index (χ4n) is 1.96. The maximum absolute atomic E-state index is 10.1. The molecule has 0 aromatic carbocycles. The van der Waals surface area contributed by atoms with Crippen LogP contribution in [0, 0.1) is 11.8 Å². The summed E-state index contributed by atoms with van der Waals surface area (Å²) in [5, 5.41) is 13.3. The lowest BCUT2D eigenvalue weighted by atomic mass is 9.89. The van der Waals surface area contributed by atoms with Crippen molar-refractivity contribution in [3.63, 3.8) is 0 Å². The predicted octanol–water partition coefficient (Wildman–Crippen LogP) is 0.365. The third-order valence-electron chi connectivity index (χ3n) is 2.90. The van der Waals surface area contributed by atoms with Gasteiger partial charge < -0.3 is 10.4 Å². The second-order valence-electron chi connectivity index (χ2n) is 3.92. The molecule has 4 nitrogen and oxygen atoms in total. The molecule has 1 aromatic heterocycles. The molecule has 1 aliphatic rings. The summed E-state index contributed by atoms with van der Waals surface area (Å²) < 4.78 is 0. The van der Waals surface area contributed by atoms with Crippen LogP contribution < -0.4 is 5.32 Å². The highest BCUT2D eigenvalue weighted by atomic mass is 16.3. The van der Waals surface area contributed by atoms with Gasteiger partial charge >= 0.3 is 0 Å². The molecule has 4 heteroatoms. The van der Waals surface area contributed by atoms with Crippen molar-refractivity contribution in [3.8, 4) is 0 Å². The first-order valence-corrected chi connectivity index (χ1v) is 4.92. The summed E-state index contributed by atoms with van der Waals surface area (Å²) in [5.74, 6) is 0.784. The summed E-state index contributed by atoms with van der Waals surface area (Å²) >= 11 is 0. The summed E-state index contributed by atoms with van der Waals surface area (Å²) in [6, 6.07) is 0. The van der Waals surface area contributed by atoms with Gasteiger partial charge in [0.25, 0.3) is 0 Å². The molecule has 1 saturated heterocycles. The van der Waals surface area contributed by atoms with Crippen LogP contribution in [0.1, 0.15) is 18.6 Å². The predicted molar refractivity (Wildman–Crippen MR) is 52.5 cm³/mol. The summed E-state index contributed by atoms with van der Waals surface area (Å²) in [6.45, 7) is 4.00. The Labute approximate surface area is 83.4 Å². The first-order valence-electron chi connectivity index (χ1n) is 4.92. The summed E-state index contributed by atoms with van der Waals surface area (Å²) in [5.41, 5.74) is 0.813. The van der Waals surface area contributed by atoms with Gasteiger partial charge in [0.05, 0.1) is 6.10 Å². The number of aliphatic hydroxyl groups is 1. The molecule has 0 spiro atoms. The number of rotatable bonds is 2. The highest BCUT2D eigenvalue weighted by molar-refractivity contribution is 5.09. The Morgan fingerprint density at radius 1 is 1.43 bits per heavy atom. The van der Waals surface area contributed by atoms with Crippen LogP contribution in [0.3, 0.4) is 0 Å². The minimum absolute atomic E-state index is 0.279. The fourth-order valence-corrected chi connectivity index (χ4v) is 1.96. The molecule has 3 unspecified atom stereocenters. The van der Waals surface area contributed by atoms with Crippen LogP contribution in [0.2, 0.25) is 0 Å². The largest absolute Gasteiger partial charge is 0.388 e. The molecule has 3 atom stereocenters. The molecule has 0 bridgehead atoms. The first kappa shape index (κ1) is 9.55. The lowest BCUT2D eigenvalue weighted by Gasteiger charge is -2.20. The number of hydrogen-bond acceptors (Lipinski definition) is 4. The average Bonchev–Trinajstić information content (AvgIpc) is 2.65. The molecule has 76 valence electrons. The maximum Gasteiger partial charge on any atom is 0.115 e. The monoisotopic (exact) mass is 193 g/mol. The summed E-state index contributed by atoms with van der Waals surface area (Å²) in [7, 11) is 0. The van der Waals surface area contributed by atoms with Crippen molar-refractivity contribution in [2.45, 2.75) is 13.0 Å². The van der Waals surface area contributed by atoms with E-state index in [1.54, 1.807) is 12.4 Å². The summed E-state index contributed by atoms with van der Waals surface area (Å²) in [6.07, 6.45) is 4.40. The average molecular weight is 193 g/mol. The topological polar surface area (TPSA) is 58.0 Å². The maximum atomic E-state index is 10.1. The van der Waals surface area contributed by atoms with Crippen molar-refractivity contribution in [1.29, 1.82) is 0 Å². The van der Waals surface area contributed by atoms with Crippen molar-refractivity contribution >= 4 is 0 Å². The van der Waals surface area contributed by atoms with Crippen LogP contribution >= 0.6 is 0 Å². The van der Waals surface area contributed by atoms with Crippen LogP contribution in [0.15, 0.2) is 18.7 Å². The van der Waals surface area contributed by atoms with Crippen LogP contribution in [0.4, 0.5) is 0 Å². The molecule has 0 radical (unpaired) electrons. The summed E-state index contributed by atoms with van der Waals surface area (Å²) in [4.78, 5) is 7.82. The Morgan fingerprint density at radius 2 is 2.14 bits per heavy atom. The Balaban J connectivity index is 2.12. The van der Waals surface area contributed by atoms with E-state index < -0.39 is 6.10 Å². The normalized spacial score (nSPS) is 29.0. The number of aliphatic hydroxyl groups excluding tert-OH is 1. The molecular weight excluding hydrogens is 178 g/mol. The van der Waals surface area contributed by atoms with Gasteiger partial charge in [0, 0.05) is 30.4 Å². The van der Waals surface area contributed by atoms with Gasteiger partial charge in [0.2, 0.25) is 0 Å². The first-order chi connectivity index (χ1) is 6.79. The minimum Gasteiger partial charge on any atom is -0.388 e. The van der Waals surface area contributed by atoms with Gasteiger partial charge in [-0.15, -0.1) is 0 Å². The Hall–Kier alpha value is -1.00. The smallest absolute Gasteiger partial charge is 0.115 e. The quantitative estimate of drug-likeness (QED) is 0.712. The van der Waals surface area contributed by atoms with Crippen molar-refractivity contribution in [3.05, 3.63) is 24.3 Å². The van der Waals surface area contributed by atoms with E-state index in [-0.39, 0.29) is 5.92 Å². The van der Waals surface area contributed by atoms with Crippen molar-refractivity contribution in [1.82, 2.24) is 15.3 Å². The van der Waals surface area contributed by atoms with Crippen LogP contribution in [0.25, 0.3) is 0 Å². The molecule has 0 aliphatic carbocycles. The number of nitrogens with one attached hydrogen (secondary N) is 1. The van der Waals surface area contributed by atoms with Gasteiger partial charge in [-0.1, -0.05) is 6.92 Å². The van der Waals surface area contributed by atoms with Crippen molar-refractivity contribution in [2.75, 3.05) is 13.1 Å². The van der Waals surface area contributed by atoms with Crippen LogP contribution in [-0.2, 0) is 0 Å². The zero-order chi connectivity index (χ0) is 9.97. The Bertz CT molecular complexity index is 291. The van der Waals surface area contributed by atoms with Crippen LogP contribution in [0.5, 0.6) is 0 Å². The van der Waals surface area contributed by atoms with E-state index in [4.69, 9.17) is 0 Å². The van der Waals surface area contributed by atoms with E-state index in [0.29, 0.717) is 5.92 Å². The highest BCUT2D eigenvalue weighted by Gasteiger charge is 2.30. The lowest BCUT2D eigenvalue weighted by molar-refractivity contribution is 0.0976. The Morgan fingerprint density at radius 3 is 2.71 bits per heavy atom. The second kappa shape index (κ2) is 4.02. The molecule has 1 aliphatic heterocycles. The number of hydrogen-bond donors (Lipinski definition) is 2. The van der Waals surface area contributed by atoms with Crippen molar-refractivity contribution < 1.29 is 5.11 Å². The molecule has 2 rings (SSSR count). The lowest BCUT2D eigenvalue weighted by Crippen LogP contribution is -2.19. The van der Waals surface area contributed by atoms with E-state index in [9.17, 15) is 5.11 Å². The van der Waals surface area contributed by atoms with Crippen LogP contribution in [-0.4, -0.2) is 28.2 Å². The fraction of sp³-hybridized carbons (Fsp3) is 0.600. The zero-order valence-electron chi connectivity index (χ0n) is 8.22. The van der Waals surface area contributed by atoms with Gasteiger partial charge in [-0.05, 0) is 12.5 Å². The number of aromatic nitrogens is 2.